The summed E-state index contributed by atoms with van der Waals surface area (Å²) >= 11 is 0. The van der Waals surface area contributed by atoms with Crippen molar-refractivity contribution in [2.45, 2.75) is 32.7 Å². The highest BCUT2D eigenvalue weighted by Crippen LogP contribution is 2.27. The van der Waals surface area contributed by atoms with E-state index in [9.17, 15) is 9.18 Å². The molecule has 98 valence electrons. The molecular weight excluding hydrogens is 233 g/mol. The van der Waals surface area contributed by atoms with Gasteiger partial charge in [0.2, 0.25) is 0 Å². The second-order valence-corrected chi connectivity index (χ2v) is 4.58. The van der Waals surface area contributed by atoms with Crippen LogP contribution in [0.3, 0.4) is 0 Å². The predicted octanol–water partition coefficient (Wildman–Crippen LogP) is 2.78. The van der Waals surface area contributed by atoms with Crippen LogP contribution in [0, 0.1) is 5.82 Å². The second kappa shape index (κ2) is 5.38. The van der Waals surface area contributed by atoms with Crippen molar-refractivity contribution in [1.29, 1.82) is 0 Å². The van der Waals surface area contributed by atoms with E-state index in [1.54, 1.807) is 6.07 Å². The number of ether oxygens (including phenoxy) is 1. The third kappa shape index (κ3) is 2.63. The number of carbonyl (C=O) groups excluding carboxylic acids is 1. The van der Waals surface area contributed by atoms with E-state index in [1.807, 2.05) is 19.9 Å². The maximum absolute atomic E-state index is 13.8. The Balaban J connectivity index is 2.18. The van der Waals surface area contributed by atoms with E-state index in [1.165, 1.54) is 6.07 Å². The van der Waals surface area contributed by atoms with Crippen LogP contribution in [0.25, 0.3) is 0 Å². The van der Waals surface area contributed by atoms with Gasteiger partial charge in [0.25, 0.3) is 0 Å². The van der Waals surface area contributed by atoms with Crippen LogP contribution in [-0.4, -0.2) is 25.0 Å². The molecule has 0 amide bonds. The van der Waals surface area contributed by atoms with Crippen LogP contribution in [-0.2, 0) is 4.79 Å². The number of piperidine rings is 1. The first-order chi connectivity index (χ1) is 8.61. The van der Waals surface area contributed by atoms with Crippen molar-refractivity contribution in [2.75, 3.05) is 18.1 Å². The number of hydrogen-bond donors (Lipinski definition) is 0. The van der Waals surface area contributed by atoms with Gasteiger partial charge >= 0.3 is 0 Å². The van der Waals surface area contributed by atoms with Crippen LogP contribution < -0.4 is 9.64 Å². The molecule has 0 aromatic heterocycles. The molecule has 0 N–H and O–H groups in total. The molecule has 1 heterocycles. The van der Waals surface area contributed by atoms with Gasteiger partial charge in [-0.25, -0.2) is 4.39 Å². The monoisotopic (exact) mass is 251 g/mol. The molecule has 1 aromatic rings. The van der Waals surface area contributed by atoms with Gasteiger partial charge in [0.1, 0.15) is 5.78 Å². The Morgan fingerprint density at radius 3 is 2.89 bits per heavy atom. The standard InChI is InChI=1S/C14H18FNO2/c1-3-18-14-5-4-11(9-13(14)15)16-7-6-12(17)8-10(16)2/h4-5,9-10H,3,6-8H2,1-2H3. The van der Waals surface area contributed by atoms with E-state index in [4.69, 9.17) is 4.74 Å². The molecule has 0 saturated carbocycles. The van der Waals surface area contributed by atoms with E-state index in [-0.39, 0.29) is 23.4 Å². The van der Waals surface area contributed by atoms with E-state index in [0.717, 1.165) is 5.69 Å². The Bertz CT molecular complexity index is 447. The molecular formula is C14H18FNO2. The minimum atomic E-state index is -0.349. The van der Waals surface area contributed by atoms with E-state index >= 15 is 0 Å². The highest BCUT2D eigenvalue weighted by Gasteiger charge is 2.24. The number of Topliss-reactive ketones (excluding diaryl/α,β-unsaturated/α-hetero) is 1. The lowest BCUT2D eigenvalue weighted by Crippen LogP contribution is -2.41. The van der Waals surface area contributed by atoms with Crippen molar-refractivity contribution < 1.29 is 13.9 Å². The SMILES string of the molecule is CCOc1ccc(N2CCC(=O)CC2C)cc1F. The average Bonchev–Trinajstić information content (AvgIpc) is 2.32. The molecule has 1 fully saturated rings. The van der Waals surface area contributed by atoms with Gasteiger partial charge in [0.15, 0.2) is 11.6 Å². The fraction of sp³-hybridized carbons (Fsp3) is 0.500. The van der Waals surface area contributed by atoms with Crippen LogP contribution in [0.1, 0.15) is 26.7 Å². The molecule has 18 heavy (non-hydrogen) atoms. The maximum atomic E-state index is 13.8. The Kier molecular flexibility index (Phi) is 3.84. The molecule has 0 radical (unpaired) electrons. The van der Waals surface area contributed by atoms with Crippen molar-refractivity contribution in [3.8, 4) is 5.75 Å². The summed E-state index contributed by atoms with van der Waals surface area (Å²) in [5, 5.41) is 0. The first kappa shape index (κ1) is 12.9. The number of carbonyl (C=O) groups is 1. The molecule has 1 unspecified atom stereocenters. The minimum absolute atomic E-state index is 0.128. The fourth-order valence-corrected chi connectivity index (χ4v) is 2.33. The zero-order valence-electron chi connectivity index (χ0n) is 10.8. The largest absolute Gasteiger partial charge is 0.491 e. The lowest BCUT2D eigenvalue weighted by atomic mass is 10.0. The summed E-state index contributed by atoms with van der Waals surface area (Å²) in [6.45, 7) is 4.93. The van der Waals surface area contributed by atoms with Gasteiger partial charge in [-0.3, -0.25) is 4.79 Å². The summed E-state index contributed by atoms with van der Waals surface area (Å²) < 4.78 is 19.0. The molecule has 2 rings (SSSR count). The Hall–Kier alpha value is -1.58. The van der Waals surface area contributed by atoms with Gasteiger partial charge < -0.3 is 9.64 Å². The summed E-state index contributed by atoms with van der Waals surface area (Å²) in [6, 6.07) is 5.11. The number of halogens is 1. The molecule has 0 aliphatic carbocycles. The Morgan fingerprint density at radius 2 is 2.28 bits per heavy atom. The molecule has 1 aliphatic heterocycles. The fourth-order valence-electron chi connectivity index (χ4n) is 2.33. The predicted molar refractivity (Wildman–Crippen MR) is 68.6 cm³/mol. The number of anilines is 1. The van der Waals surface area contributed by atoms with Crippen molar-refractivity contribution in [3.05, 3.63) is 24.0 Å². The molecule has 1 saturated heterocycles. The minimum Gasteiger partial charge on any atom is -0.491 e. The summed E-state index contributed by atoms with van der Waals surface area (Å²) in [7, 11) is 0. The quantitative estimate of drug-likeness (QED) is 0.827. The third-order valence-corrected chi connectivity index (χ3v) is 3.23. The van der Waals surface area contributed by atoms with Gasteiger partial charge in [0, 0.05) is 37.2 Å². The summed E-state index contributed by atoms with van der Waals surface area (Å²) in [5.74, 6) is 0.214. The summed E-state index contributed by atoms with van der Waals surface area (Å²) in [4.78, 5) is 13.4. The molecule has 1 aromatic carbocycles. The van der Waals surface area contributed by atoms with Crippen LogP contribution in [0.2, 0.25) is 0 Å². The van der Waals surface area contributed by atoms with Gasteiger partial charge in [0.05, 0.1) is 6.61 Å². The zero-order chi connectivity index (χ0) is 13.1. The normalized spacial score (nSPS) is 20.1. The molecule has 3 nitrogen and oxygen atoms in total. The van der Waals surface area contributed by atoms with Crippen LogP contribution in [0.15, 0.2) is 18.2 Å². The first-order valence-electron chi connectivity index (χ1n) is 6.32. The second-order valence-electron chi connectivity index (χ2n) is 4.58. The van der Waals surface area contributed by atoms with Crippen LogP contribution >= 0.6 is 0 Å². The molecule has 4 heteroatoms. The maximum Gasteiger partial charge on any atom is 0.167 e. The van der Waals surface area contributed by atoms with Gasteiger partial charge in [-0.15, -0.1) is 0 Å². The molecule has 0 spiro atoms. The summed E-state index contributed by atoms with van der Waals surface area (Å²) in [6.07, 6.45) is 1.08. The van der Waals surface area contributed by atoms with Crippen molar-refractivity contribution in [3.63, 3.8) is 0 Å². The zero-order valence-corrected chi connectivity index (χ0v) is 10.8. The van der Waals surface area contributed by atoms with E-state index in [2.05, 4.69) is 4.90 Å². The highest BCUT2D eigenvalue weighted by atomic mass is 19.1. The van der Waals surface area contributed by atoms with Crippen LogP contribution in [0.5, 0.6) is 5.75 Å². The Morgan fingerprint density at radius 1 is 1.50 bits per heavy atom. The first-order valence-corrected chi connectivity index (χ1v) is 6.32. The molecule has 1 aliphatic rings. The lowest BCUT2D eigenvalue weighted by molar-refractivity contribution is -0.120. The number of benzene rings is 1. The third-order valence-electron chi connectivity index (χ3n) is 3.23. The van der Waals surface area contributed by atoms with E-state index < -0.39 is 0 Å². The number of rotatable bonds is 3. The van der Waals surface area contributed by atoms with Crippen molar-refractivity contribution in [2.24, 2.45) is 0 Å². The van der Waals surface area contributed by atoms with Gasteiger partial charge in [-0.1, -0.05) is 0 Å². The van der Waals surface area contributed by atoms with E-state index in [0.29, 0.717) is 26.0 Å². The van der Waals surface area contributed by atoms with Gasteiger partial charge in [-0.05, 0) is 26.0 Å². The van der Waals surface area contributed by atoms with Gasteiger partial charge in [-0.2, -0.15) is 0 Å². The summed E-state index contributed by atoms with van der Waals surface area (Å²) in [5.41, 5.74) is 0.816. The topological polar surface area (TPSA) is 29.5 Å². The lowest BCUT2D eigenvalue weighted by Gasteiger charge is -2.34. The number of nitrogens with zero attached hydrogens (tertiary/aromatic N) is 1. The Labute approximate surface area is 107 Å². The highest BCUT2D eigenvalue weighted by molar-refractivity contribution is 5.81. The number of hydrogen-bond acceptors (Lipinski definition) is 3. The van der Waals surface area contributed by atoms with Crippen LogP contribution in [0.4, 0.5) is 10.1 Å². The average molecular weight is 251 g/mol. The number of ketones is 1. The smallest absolute Gasteiger partial charge is 0.167 e. The van der Waals surface area contributed by atoms with Crippen molar-refractivity contribution >= 4 is 11.5 Å². The molecule has 1 atom stereocenters. The van der Waals surface area contributed by atoms with Crippen molar-refractivity contribution in [1.82, 2.24) is 0 Å². The molecule has 0 bridgehead atoms.